The molecule has 1 aromatic carbocycles. The van der Waals surface area contributed by atoms with E-state index >= 15 is 0 Å². The van der Waals surface area contributed by atoms with E-state index in [0.29, 0.717) is 28.8 Å². The molecule has 0 unspecified atom stereocenters. The average molecular weight is 501 g/mol. The highest BCUT2D eigenvalue weighted by molar-refractivity contribution is 5.92. The SMILES string of the molecule is COc1cc(N(C2CC2)[C@H]2CC[C@@H](N(C)c3c(C#N)c(=O)n(C)c4ccc(C#N)nc34)CC2)ccc1F. The zero-order chi connectivity index (χ0) is 26.3. The van der Waals surface area contributed by atoms with Crippen molar-refractivity contribution >= 4 is 22.4 Å². The van der Waals surface area contributed by atoms with Crippen molar-refractivity contribution in [2.75, 3.05) is 24.0 Å². The number of fused-ring (bicyclic) bond motifs is 1. The highest BCUT2D eigenvalue weighted by Crippen LogP contribution is 2.40. The summed E-state index contributed by atoms with van der Waals surface area (Å²) in [5, 5.41) is 19.3. The van der Waals surface area contributed by atoms with Crippen molar-refractivity contribution in [1.29, 1.82) is 10.5 Å². The third-order valence-electron chi connectivity index (χ3n) is 7.77. The van der Waals surface area contributed by atoms with Crippen LogP contribution in [0.25, 0.3) is 11.0 Å². The first-order valence-corrected chi connectivity index (χ1v) is 12.6. The molecule has 5 rings (SSSR count). The molecule has 2 aliphatic rings. The van der Waals surface area contributed by atoms with Gasteiger partial charge in [0.2, 0.25) is 0 Å². The molecule has 8 nitrogen and oxygen atoms in total. The van der Waals surface area contributed by atoms with Gasteiger partial charge in [-0.2, -0.15) is 10.5 Å². The van der Waals surface area contributed by atoms with Gasteiger partial charge in [-0.25, -0.2) is 9.37 Å². The number of nitrogens with zero attached hydrogens (tertiary/aromatic N) is 6. The number of nitriles is 2. The number of ether oxygens (including phenoxy) is 1. The first kappa shape index (κ1) is 24.6. The lowest BCUT2D eigenvalue weighted by Gasteiger charge is -2.42. The first-order chi connectivity index (χ1) is 17.9. The largest absolute Gasteiger partial charge is 0.494 e. The molecule has 2 aromatic heterocycles. The summed E-state index contributed by atoms with van der Waals surface area (Å²) in [4.78, 5) is 21.9. The molecule has 2 fully saturated rings. The molecule has 0 radical (unpaired) electrons. The molecule has 0 N–H and O–H groups in total. The number of hydrogen-bond donors (Lipinski definition) is 0. The summed E-state index contributed by atoms with van der Waals surface area (Å²) in [5.74, 6) is -0.114. The van der Waals surface area contributed by atoms with Gasteiger partial charge in [0.1, 0.15) is 28.9 Å². The summed E-state index contributed by atoms with van der Waals surface area (Å²) in [5.41, 5.74) is 2.45. The van der Waals surface area contributed by atoms with E-state index in [1.807, 2.05) is 18.0 Å². The van der Waals surface area contributed by atoms with E-state index in [2.05, 4.69) is 22.0 Å². The first-order valence-electron chi connectivity index (χ1n) is 12.6. The molecule has 3 aromatic rings. The molecule has 2 heterocycles. The van der Waals surface area contributed by atoms with E-state index in [4.69, 9.17) is 4.74 Å². The Morgan fingerprint density at radius 1 is 1.03 bits per heavy atom. The quantitative estimate of drug-likeness (QED) is 0.499. The summed E-state index contributed by atoms with van der Waals surface area (Å²) in [7, 11) is 5.00. The summed E-state index contributed by atoms with van der Waals surface area (Å²) in [6.07, 6.45) is 5.82. The summed E-state index contributed by atoms with van der Waals surface area (Å²) in [6.45, 7) is 0. The lowest BCUT2D eigenvalue weighted by Crippen LogP contribution is -2.45. The van der Waals surface area contributed by atoms with Gasteiger partial charge in [-0.1, -0.05) is 0 Å². The number of hydrogen-bond acceptors (Lipinski definition) is 7. The lowest BCUT2D eigenvalue weighted by atomic mass is 9.88. The van der Waals surface area contributed by atoms with Crippen LogP contribution in [0.15, 0.2) is 35.1 Å². The van der Waals surface area contributed by atoms with E-state index in [-0.39, 0.29) is 34.4 Å². The topological polar surface area (TPSA) is 98.2 Å². The third kappa shape index (κ3) is 4.35. The highest BCUT2D eigenvalue weighted by Gasteiger charge is 2.37. The fourth-order valence-corrected chi connectivity index (χ4v) is 5.69. The van der Waals surface area contributed by atoms with Gasteiger partial charge in [-0.3, -0.25) is 4.79 Å². The van der Waals surface area contributed by atoms with Crippen molar-refractivity contribution in [2.45, 2.75) is 56.7 Å². The van der Waals surface area contributed by atoms with Gasteiger partial charge in [0.15, 0.2) is 11.6 Å². The molecule has 190 valence electrons. The fraction of sp³-hybridized carbons (Fsp3) is 0.429. The highest BCUT2D eigenvalue weighted by atomic mass is 19.1. The normalized spacial score (nSPS) is 19.2. The smallest absolute Gasteiger partial charge is 0.270 e. The van der Waals surface area contributed by atoms with Crippen LogP contribution >= 0.6 is 0 Å². The number of aryl methyl sites for hydroxylation is 1. The number of benzene rings is 1. The van der Waals surface area contributed by atoms with E-state index in [9.17, 15) is 19.7 Å². The Hall–Kier alpha value is -4.11. The minimum Gasteiger partial charge on any atom is -0.494 e. The average Bonchev–Trinajstić information content (AvgIpc) is 3.76. The maximum atomic E-state index is 14.0. The molecular formula is C28H29FN6O2. The molecule has 2 saturated carbocycles. The van der Waals surface area contributed by atoms with Crippen molar-refractivity contribution in [3.63, 3.8) is 0 Å². The molecule has 0 atom stereocenters. The molecule has 0 aliphatic heterocycles. The van der Waals surface area contributed by atoms with Gasteiger partial charge in [0.05, 0.1) is 18.3 Å². The second-order valence-electron chi connectivity index (χ2n) is 9.91. The fourth-order valence-electron chi connectivity index (χ4n) is 5.69. The van der Waals surface area contributed by atoms with Gasteiger partial charge in [0, 0.05) is 44.0 Å². The van der Waals surface area contributed by atoms with Gasteiger partial charge < -0.3 is 19.1 Å². The molecule has 2 aliphatic carbocycles. The van der Waals surface area contributed by atoms with E-state index < -0.39 is 0 Å². The minimum atomic E-state index is -0.373. The maximum absolute atomic E-state index is 14.0. The second-order valence-corrected chi connectivity index (χ2v) is 9.91. The summed E-state index contributed by atoms with van der Waals surface area (Å²) >= 11 is 0. The van der Waals surface area contributed by atoms with Crippen LogP contribution in [-0.4, -0.2) is 41.8 Å². The van der Waals surface area contributed by atoms with E-state index in [0.717, 1.165) is 44.2 Å². The Bertz CT molecular complexity index is 1490. The van der Waals surface area contributed by atoms with Crippen molar-refractivity contribution in [2.24, 2.45) is 7.05 Å². The van der Waals surface area contributed by atoms with Crippen molar-refractivity contribution in [3.8, 4) is 17.9 Å². The third-order valence-corrected chi connectivity index (χ3v) is 7.77. The molecule has 9 heteroatoms. The van der Waals surface area contributed by atoms with Crippen LogP contribution in [0.3, 0.4) is 0 Å². The van der Waals surface area contributed by atoms with Crippen LogP contribution in [0.1, 0.15) is 49.8 Å². The van der Waals surface area contributed by atoms with Gasteiger partial charge >= 0.3 is 0 Å². The lowest BCUT2D eigenvalue weighted by molar-refractivity contribution is 0.364. The Morgan fingerprint density at radius 3 is 2.27 bits per heavy atom. The predicted molar refractivity (Wildman–Crippen MR) is 139 cm³/mol. The van der Waals surface area contributed by atoms with E-state index in [1.165, 1.54) is 17.7 Å². The van der Waals surface area contributed by atoms with Crippen molar-refractivity contribution in [1.82, 2.24) is 9.55 Å². The number of aromatic nitrogens is 2. The Kier molecular flexibility index (Phi) is 6.47. The Balaban J connectivity index is 1.43. The van der Waals surface area contributed by atoms with Crippen molar-refractivity contribution in [3.05, 3.63) is 57.8 Å². The van der Waals surface area contributed by atoms with Crippen molar-refractivity contribution < 1.29 is 9.13 Å². The number of methoxy groups -OCH3 is 1. The van der Waals surface area contributed by atoms with Gasteiger partial charge in [0.25, 0.3) is 5.56 Å². The van der Waals surface area contributed by atoms with Gasteiger partial charge in [-0.05, 0) is 62.8 Å². The summed E-state index contributed by atoms with van der Waals surface area (Å²) in [6, 6.07) is 13.4. The van der Waals surface area contributed by atoms with Gasteiger partial charge in [-0.15, -0.1) is 0 Å². The standard InChI is InChI=1S/C28H29FN6O2/c1-33(27-22(16-31)28(36)34(2)24-13-4-17(15-30)32-26(24)27)18-5-7-19(8-6-18)35(20-9-10-20)21-11-12-23(29)25(14-21)37-3/h4,11-14,18-20H,5-10H2,1-3H3/t18-,19+. The molecule has 0 saturated heterocycles. The zero-order valence-corrected chi connectivity index (χ0v) is 21.2. The predicted octanol–water partition coefficient (Wildman–Crippen LogP) is 4.24. The molecule has 37 heavy (non-hydrogen) atoms. The Labute approximate surface area is 215 Å². The second kappa shape index (κ2) is 9.74. The number of anilines is 2. The van der Waals surface area contributed by atoms with E-state index in [1.54, 1.807) is 25.2 Å². The van der Waals surface area contributed by atoms with Crippen LogP contribution in [0.2, 0.25) is 0 Å². The molecular weight excluding hydrogens is 471 g/mol. The van der Waals surface area contributed by atoms with Crippen LogP contribution in [0.4, 0.5) is 15.8 Å². The number of pyridine rings is 2. The molecule has 0 bridgehead atoms. The summed E-state index contributed by atoms with van der Waals surface area (Å²) < 4.78 is 20.7. The number of halogens is 1. The molecule has 0 spiro atoms. The Morgan fingerprint density at radius 2 is 1.68 bits per heavy atom. The monoisotopic (exact) mass is 500 g/mol. The number of rotatable bonds is 6. The van der Waals surface area contributed by atoms with Crippen LogP contribution in [0.5, 0.6) is 5.75 Å². The van der Waals surface area contributed by atoms with Crippen LogP contribution in [-0.2, 0) is 7.05 Å². The van der Waals surface area contributed by atoms with Crippen LogP contribution < -0.4 is 20.1 Å². The minimum absolute atomic E-state index is 0.0419. The molecule has 0 amide bonds. The zero-order valence-electron chi connectivity index (χ0n) is 21.2. The maximum Gasteiger partial charge on any atom is 0.270 e. The van der Waals surface area contributed by atoms with Crippen LogP contribution in [0, 0.1) is 28.5 Å².